The molecule has 0 spiro atoms. The molecule has 0 aliphatic rings. The fraction of sp³-hybridized carbons (Fsp3) is 0.267. The molecule has 3 N–H and O–H groups in total. The lowest BCUT2D eigenvalue weighted by Gasteiger charge is -2.27. The van der Waals surface area contributed by atoms with Gasteiger partial charge in [-0.25, -0.2) is 0 Å². The van der Waals surface area contributed by atoms with Crippen molar-refractivity contribution in [2.45, 2.75) is 51.4 Å². The Bertz CT molecular complexity index is 1130. The number of phenolic OH excluding ortho intramolecular Hbond substituents is 1. The number of hydrogen-bond donors (Lipinski definition) is 3. The molecule has 0 aromatic heterocycles. The van der Waals surface area contributed by atoms with Crippen LogP contribution in [0.4, 0.5) is 0 Å². The minimum atomic E-state index is 0.0242. The van der Waals surface area contributed by atoms with Gasteiger partial charge in [-0.3, -0.25) is 0 Å². The van der Waals surface area contributed by atoms with E-state index < -0.39 is 0 Å². The summed E-state index contributed by atoms with van der Waals surface area (Å²) in [5.41, 5.74) is 3.53. The Kier molecular flexibility index (Phi) is 8.13. The molecule has 0 amide bonds. The third-order valence-corrected chi connectivity index (χ3v) is 6.29. The van der Waals surface area contributed by atoms with E-state index in [4.69, 9.17) is 0 Å². The van der Waals surface area contributed by atoms with Crippen molar-refractivity contribution < 1.29 is 5.11 Å². The van der Waals surface area contributed by atoms with Gasteiger partial charge >= 0.3 is 0 Å². The van der Waals surface area contributed by atoms with Gasteiger partial charge in [-0.2, -0.15) is 0 Å². The van der Waals surface area contributed by atoms with E-state index in [1.54, 1.807) is 0 Å². The molecule has 170 valence electrons. The first-order valence-corrected chi connectivity index (χ1v) is 12.0. The Morgan fingerprint density at radius 1 is 0.697 bits per heavy atom. The summed E-state index contributed by atoms with van der Waals surface area (Å²) in [5, 5.41) is 20.8. The van der Waals surface area contributed by atoms with Gasteiger partial charge in [-0.15, -0.1) is 0 Å². The van der Waals surface area contributed by atoms with Crippen LogP contribution in [0.2, 0.25) is 0 Å². The van der Waals surface area contributed by atoms with Crippen LogP contribution in [-0.2, 0) is 13.1 Å². The summed E-state index contributed by atoms with van der Waals surface area (Å²) in [5.74, 6) is 0.359. The van der Waals surface area contributed by atoms with E-state index in [9.17, 15) is 5.11 Å². The molecule has 0 bridgehead atoms. The molecular formula is C30H34N2O. The maximum Gasteiger partial charge on any atom is 0.120 e. The molecule has 0 radical (unpaired) electrons. The molecule has 4 rings (SSSR count). The minimum absolute atomic E-state index is 0.0242. The largest absolute Gasteiger partial charge is 0.508 e. The molecule has 0 saturated heterocycles. The average Bonchev–Trinajstić information content (AvgIpc) is 2.86. The number of phenols is 1. The molecule has 3 nitrogen and oxygen atoms in total. The summed E-state index contributed by atoms with van der Waals surface area (Å²) in [6.07, 6.45) is 3.09. The topological polar surface area (TPSA) is 44.3 Å². The molecule has 4 aromatic carbocycles. The van der Waals surface area contributed by atoms with Gasteiger partial charge in [0.15, 0.2) is 0 Å². The van der Waals surface area contributed by atoms with Gasteiger partial charge in [0.1, 0.15) is 5.75 Å². The van der Waals surface area contributed by atoms with E-state index in [1.807, 2.05) is 18.2 Å². The van der Waals surface area contributed by atoms with Gasteiger partial charge in [-0.05, 0) is 40.8 Å². The molecule has 0 unspecified atom stereocenters. The van der Waals surface area contributed by atoms with E-state index in [0.717, 1.165) is 48.7 Å². The number of hydrogen-bond acceptors (Lipinski definition) is 3. The van der Waals surface area contributed by atoms with Crippen molar-refractivity contribution in [3.05, 3.63) is 114 Å². The van der Waals surface area contributed by atoms with E-state index in [0.29, 0.717) is 11.8 Å². The summed E-state index contributed by atoms with van der Waals surface area (Å²) in [7, 11) is 0. The Morgan fingerprint density at radius 2 is 1.30 bits per heavy atom. The predicted octanol–water partition coefficient (Wildman–Crippen LogP) is 6.72. The highest BCUT2D eigenvalue weighted by atomic mass is 16.3. The fourth-order valence-corrected chi connectivity index (χ4v) is 4.58. The number of nitrogens with one attached hydrogen (secondary N) is 2. The third-order valence-electron chi connectivity index (χ3n) is 6.29. The zero-order valence-electron chi connectivity index (χ0n) is 19.4. The summed E-state index contributed by atoms with van der Waals surface area (Å²) < 4.78 is 0. The van der Waals surface area contributed by atoms with E-state index >= 15 is 0 Å². The maximum absolute atomic E-state index is 11.0. The number of benzene rings is 4. The van der Waals surface area contributed by atoms with Crippen LogP contribution in [0.25, 0.3) is 10.8 Å². The van der Waals surface area contributed by atoms with Crippen molar-refractivity contribution >= 4 is 10.8 Å². The molecule has 2 atom stereocenters. The lowest BCUT2D eigenvalue weighted by atomic mass is 9.91. The minimum Gasteiger partial charge on any atom is -0.508 e. The van der Waals surface area contributed by atoms with Gasteiger partial charge in [-0.1, -0.05) is 104 Å². The van der Waals surface area contributed by atoms with Crippen molar-refractivity contribution in [1.82, 2.24) is 10.6 Å². The summed E-state index contributed by atoms with van der Waals surface area (Å²) in [6.45, 7) is 3.84. The molecule has 33 heavy (non-hydrogen) atoms. The molecule has 0 fully saturated rings. The fourth-order valence-electron chi connectivity index (χ4n) is 4.58. The second kappa shape index (κ2) is 11.6. The maximum atomic E-state index is 11.0. The van der Waals surface area contributed by atoms with Crippen LogP contribution < -0.4 is 10.6 Å². The second-order valence-corrected chi connectivity index (χ2v) is 8.73. The lowest BCUT2D eigenvalue weighted by molar-refractivity contribution is 0.368. The van der Waals surface area contributed by atoms with Crippen LogP contribution in [0.15, 0.2) is 97.1 Å². The van der Waals surface area contributed by atoms with Crippen LogP contribution in [0.5, 0.6) is 5.75 Å². The number of rotatable bonds is 11. The third kappa shape index (κ3) is 6.22. The Hall–Kier alpha value is -3.14. The van der Waals surface area contributed by atoms with Crippen molar-refractivity contribution in [2.75, 3.05) is 0 Å². The first kappa shape index (κ1) is 23.0. The highest BCUT2D eigenvalue weighted by molar-refractivity contribution is 5.88. The van der Waals surface area contributed by atoms with Gasteiger partial charge in [0.2, 0.25) is 0 Å². The average molecular weight is 439 g/mol. The molecule has 0 saturated carbocycles. The van der Waals surface area contributed by atoms with Gasteiger partial charge in [0.25, 0.3) is 0 Å². The lowest BCUT2D eigenvalue weighted by Crippen LogP contribution is -2.34. The molecule has 0 heterocycles. The van der Waals surface area contributed by atoms with Crippen LogP contribution in [0.3, 0.4) is 0 Å². The van der Waals surface area contributed by atoms with Crippen molar-refractivity contribution in [2.24, 2.45) is 0 Å². The Balaban J connectivity index is 1.61. The highest BCUT2D eigenvalue weighted by Crippen LogP contribution is 2.35. The quantitative estimate of drug-likeness (QED) is 0.243. The van der Waals surface area contributed by atoms with Crippen LogP contribution in [-0.4, -0.2) is 11.1 Å². The standard InChI is InChI=1S/C30H34N2O/c1-2-11-26(31-21-23-12-5-3-6-13-23)20-28(32-22-24-14-7-4-8-15-24)30-27-17-10-9-16-25(27)18-19-29(30)33/h3-10,12-19,26,28,31-33H,2,11,20-22H2,1H3/t26-,28+/m0/s1. The summed E-state index contributed by atoms with van der Waals surface area (Å²) >= 11 is 0. The molecule has 3 heteroatoms. The Labute approximate surface area is 197 Å². The normalized spacial score (nSPS) is 13.1. The first-order valence-electron chi connectivity index (χ1n) is 12.0. The van der Waals surface area contributed by atoms with Gasteiger partial charge in [0, 0.05) is 30.7 Å². The van der Waals surface area contributed by atoms with E-state index in [2.05, 4.69) is 96.4 Å². The monoisotopic (exact) mass is 438 g/mol. The highest BCUT2D eigenvalue weighted by Gasteiger charge is 2.22. The van der Waals surface area contributed by atoms with Crippen molar-refractivity contribution in [3.8, 4) is 5.75 Å². The summed E-state index contributed by atoms with van der Waals surface area (Å²) in [6, 6.07) is 33.6. The van der Waals surface area contributed by atoms with Gasteiger partial charge in [0.05, 0.1) is 0 Å². The smallest absolute Gasteiger partial charge is 0.120 e. The Morgan fingerprint density at radius 3 is 1.97 bits per heavy atom. The van der Waals surface area contributed by atoms with Crippen molar-refractivity contribution in [3.63, 3.8) is 0 Å². The summed E-state index contributed by atoms with van der Waals surface area (Å²) in [4.78, 5) is 0. The first-order chi connectivity index (χ1) is 16.2. The van der Waals surface area contributed by atoms with Crippen LogP contribution >= 0.6 is 0 Å². The predicted molar refractivity (Wildman–Crippen MR) is 138 cm³/mol. The van der Waals surface area contributed by atoms with Crippen molar-refractivity contribution in [1.29, 1.82) is 0 Å². The molecular weight excluding hydrogens is 404 g/mol. The second-order valence-electron chi connectivity index (χ2n) is 8.73. The number of aromatic hydroxyl groups is 1. The molecule has 0 aliphatic heterocycles. The van der Waals surface area contributed by atoms with Crippen LogP contribution in [0.1, 0.15) is 48.9 Å². The molecule has 0 aliphatic carbocycles. The zero-order valence-corrected chi connectivity index (χ0v) is 19.4. The van der Waals surface area contributed by atoms with E-state index in [-0.39, 0.29) is 6.04 Å². The zero-order chi connectivity index (χ0) is 22.9. The SMILES string of the molecule is CCC[C@@H](C[C@@H](NCc1ccccc1)c1c(O)ccc2ccccc12)NCc1ccccc1. The number of fused-ring (bicyclic) bond motifs is 1. The van der Waals surface area contributed by atoms with E-state index in [1.165, 1.54) is 11.1 Å². The van der Waals surface area contributed by atoms with Gasteiger partial charge < -0.3 is 15.7 Å². The van der Waals surface area contributed by atoms with Crippen LogP contribution in [0, 0.1) is 0 Å². The molecule has 4 aromatic rings.